The van der Waals surface area contributed by atoms with Crippen molar-refractivity contribution in [3.8, 4) is 10.4 Å². The summed E-state index contributed by atoms with van der Waals surface area (Å²) in [6.45, 7) is 1.87. The van der Waals surface area contributed by atoms with E-state index in [2.05, 4.69) is 25.1 Å². The Balaban J connectivity index is 1.42. The van der Waals surface area contributed by atoms with E-state index in [9.17, 15) is 27.2 Å². The lowest BCUT2D eigenvalue weighted by molar-refractivity contribution is -0.251. The molecule has 2 aliphatic carbocycles. The molecule has 3 N–H and O–H groups in total. The number of aromatic nitrogens is 3. The Morgan fingerprint density at radius 3 is 2.53 bits per heavy atom. The third kappa shape index (κ3) is 4.99. The highest BCUT2D eigenvalue weighted by Gasteiger charge is 2.53. The van der Waals surface area contributed by atoms with Crippen LogP contribution in [-0.2, 0) is 15.2 Å². The monoisotopic (exact) mass is 550 g/mol. The topological polar surface area (TPSA) is 123 Å². The Morgan fingerprint density at radius 1 is 1.18 bits per heavy atom. The number of hydroxylamine groups is 2. The molecule has 0 bridgehead atoms. The van der Waals surface area contributed by atoms with Gasteiger partial charge in [0.1, 0.15) is 10.5 Å². The molecule has 9 nitrogen and oxygen atoms in total. The molecule has 0 radical (unpaired) electrons. The SMILES string of the molecule is Cc1cc(Nc2ncc(F)c(C3CC3)n2)cc(-c2cnc(C3(N(OC(=O)C(F)(F)F)C(N)=O)CCC3)s2)c1. The number of anilines is 2. The van der Waals surface area contributed by atoms with Crippen molar-refractivity contribution >= 4 is 35.0 Å². The first-order valence-electron chi connectivity index (χ1n) is 11.7. The number of primary amides is 1. The highest BCUT2D eigenvalue weighted by molar-refractivity contribution is 7.15. The number of rotatable bonds is 6. The molecule has 0 saturated heterocycles. The van der Waals surface area contributed by atoms with Crippen LogP contribution in [0.5, 0.6) is 0 Å². The van der Waals surface area contributed by atoms with Gasteiger partial charge in [-0.1, -0.05) is 6.07 Å². The van der Waals surface area contributed by atoms with Gasteiger partial charge in [-0.25, -0.2) is 28.9 Å². The highest BCUT2D eigenvalue weighted by Crippen LogP contribution is 2.49. The Hall–Kier alpha value is -3.81. The Labute approximate surface area is 218 Å². The highest BCUT2D eigenvalue weighted by atomic mass is 32.1. The summed E-state index contributed by atoms with van der Waals surface area (Å²) in [5, 5.41) is 3.68. The van der Waals surface area contributed by atoms with Crippen molar-refractivity contribution in [1.29, 1.82) is 0 Å². The van der Waals surface area contributed by atoms with Crippen LogP contribution in [-0.4, -0.2) is 38.2 Å². The minimum atomic E-state index is -5.30. The van der Waals surface area contributed by atoms with Crippen LogP contribution in [0.1, 0.15) is 54.3 Å². The summed E-state index contributed by atoms with van der Waals surface area (Å²) in [6, 6.07) is 4.21. The molecule has 2 aromatic heterocycles. The molecule has 0 unspecified atom stereocenters. The largest absolute Gasteiger partial charge is 0.493 e. The van der Waals surface area contributed by atoms with E-state index in [0.717, 1.165) is 41.5 Å². The van der Waals surface area contributed by atoms with E-state index >= 15 is 0 Å². The minimum absolute atomic E-state index is 0.108. The van der Waals surface area contributed by atoms with Crippen LogP contribution in [0.25, 0.3) is 10.4 Å². The zero-order chi connectivity index (χ0) is 27.2. The van der Waals surface area contributed by atoms with Gasteiger partial charge in [-0.3, -0.25) is 0 Å². The van der Waals surface area contributed by atoms with Gasteiger partial charge in [0.15, 0.2) is 5.82 Å². The number of carbonyl (C=O) groups is 2. The van der Waals surface area contributed by atoms with Crippen LogP contribution in [0, 0.1) is 12.7 Å². The van der Waals surface area contributed by atoms with Crippen molar-refractivity contribution in [1.82, 2.24) is 20.0 Å². The number of nitrogens with one attached hydrogen (secondary N) is 1. The summed E-state index contributed by atoms with van der Waals surface area (Å²) < 4.78 is 52.5. The number of thiazole rings is 1. The molecular weight excluding hydrogens is 528 g/mol. The number of carbonyl (C=O) groups excluding carboxylic acids is 2. The lowest BCUT2D eigenvalue weighted by Gasteiger charge is -2.45. The maximum absolute atomic E-state index is 14.0. The summed E-state index contributed by atoms with van der Waals surface area (Å²) in [5.41, 5.74) is 6.55. The third-order valence-corrected chi connectivity index (χ3v) is 7.67. The molecule has 1 aromatic carbocycles. The minimum Gasteiger partial charge on any atom is -0.349 e. The number of nitrogens with two attached hydrogens (primary N) is 1. The second-order valence-electron chi connectivity index (χ2n) is 9.34. The molecule has 2 saturated carbocycles. The maximum atomic E-state index is 14.0. The van der Waals surface area contributed by atoms with Crippen molar-refractivity contribution in [3.63, 3.8) is 0 Å². The van der Waals surface area contributed by atoms with E-state index < -0.39 is 29.5 Å². The molecule has 200 valence electrons. The number of hydrogen-bond acceptors (Lipinski definition) is 8. The van der Waals surface area contributed by atoms with Crippen molar-refractivity contribution in [3.05, 3.63) is 52.7 Å². The molecule has 2 aliphatic rings. The van der Waals surface area contributed by atoms with Gasteiger partial charge in [0.2, 0.25) is 5.95 Å². The summed E-state index contributed by atoms with van der Waals surface area (Å²) in [4.78, 5) is 41.3. The fourth-order valence-electron chi connectivity index (χ4n) is 4.33. The molecule has 0 aliphatic heterocycles. The van der Waals surface area contributed by atoms with Crippen LogP contribution >= 0.6 is 11.3 Å². The lowest BCUT2D eigenvalue weighted by atomic mass is 9.77. The van der Waals surface area contributed by atoms with Gasteiger partial charge < -0.3 is 15.9 Å². The molecule has 3 aromatic rings. The van der Waals surface area contributed by atoms with E-state index in [1.807, 2.05) is 19.1 Å². The average molecular weight is 551 g/mol. The van der Waals surface area contributed by atoms with Gasteiger partial charge in [-0.05, 0) is 62.3 Å². The van der Waals surface area contributed by atoms with Crippen molar-refractivity contribution in [2.24, 2.45) is 5.73 Å². The molecule has 14 heteroatoms. The summed E-state index contributed by atoms with van der Waals surface area (Å²) >= 11 is 1.15. The number of aryl methyl sites for hydroxylation is 1. The summed E-state index contributed by atoms with van der Waals surface area (Å²) in [7, 11) is 0. The quantitative estimate of drug-likeness (QED) is 0.309. The van der Waals surface area contributed by atoms with Crippen LogP contribution in [0.3, 0.4) is 0 Å². The molecule has 2 amide bonds. The summed E-state index contributed by atoms with van der Waals surface area (Å²) in [6.07, 6.45) is 0.165. The normalized spacial score (nSPS) is 16.4. The average Bonchev–Trinajstić information content (AvgIpc) is 3.54. The predicted octanol–water partition coefficient (Wildman–Crippen LogP) is 5.45. The van der Waals surface area contributed by atoms with E-state index in [-0.39, 0.29) is 24.7 Å². The number of urea groups is 1. The first kappa shape index (κ1) is 25.8. The number of amides is 2. The van der Waals surface area contributed by atoms with Crippen molar-refractivity contribution < 1.29 is 32.0 Å². The number of alkyl halides is 3. The number of benzene rings is 1. The van der Waals surface area contributed by atoms with Crippen molar-refractivity contribution in [2.45, 2.75) is 56.7 Å². The van der Waals surface area contributed by atoms with E-state index in [4.69, 9.17) is 5.73 Å². The Bertz CT molecular complexity index is 1400. The first-order chi connectivity index (χ1) is 18.0. The van der Waals surface area contributed by atoms with Crippen molar-refractivity contribution in [2.75, 3.05) is 5.32 Å². The zero-order valence-corrected chi connectivity index (χ0v) is 20.8. The molecule has 0 spiro atoms. The molecule has 2 heterocycles. The number of nitrogens with zero attached hydrogens (tertiary/aromatic N) is 4. The number of hydrogen-bond donors (Lipinski definition) is 2. The van der Waals surface area contributed by atoms with Crippen LogP contribution < -0.4 is 11.1 Å². The molecule has 38 heavy (non-hydrogen) atoms. The van der Waals surface area contributed by atoms with Crippen LogP contribution in [0.2, 0.25) is 0 Å². The van der Waals surface area contributed by atoms with E-state index in [1.165, 1.54) is 6.20 Å². The Morgan fingerprint density at radius 2 is 1.92 bits per heavy atom. The fraction of sp³-hybridized carbons (Fsp3) is 0.375. The van der Waals surface area contributed by atoms with Crippen LogP contribution in [0.4, 0.5) is 34.0 Å². The van der Waals surface area contributed by atoms with Gasteiger partial charge in [0, 0.05) is 17.8 Å². The van der Waals surface area contributed by atoms with Gasteiger partial charge in [-0.2, -0.15) is 13.2 Å². The predicted molar refractivity (Wildman–Crippen MR) is 129 cm³/mol. The molecule has 2 fully saturated rings. The smallest absolute Gasteiger partial charge is 0.349 e. The van der Waals surface area contributed by atoms with Gasteiger partial charge in [0.05, 0.1) is 16.8 Å². The second kappa shape index (κ2) is 9.49. The first-order valence-corrected chi connectivity index (χ1v) is 12.5. The molecular formula is C24H22F4N6O3S. The second-order valence-corrected chi connectivity index (χ2v) is 10.4. The van der Waals surface area contributed by atoms with Gasteiger partial charge in [0.25, 0.3) is 0 Å². The van der Waals surface area contributed by atoms with Gasteiger partial charge in [-0.15, -0.1) is 16.4 Å². The van der Waals surface area contributed by atoms with E-state index in [0.29, 0.717) is 32.8 Å². The van der Waals surface area contributed by atoms with E-state index in [1.54, 1.807) is 6.07 Å². The molecule has 5 rings (SSSR count). The zero-order valence-electron chi connectivity index (χ0n) is 20.0. The summed E-state index contributed by atoms with van der Waals surface area (Å²) in [5.74, 6) is -2.61. The molecule has 0 atom stereocenters. The third-order valence-electron chi connectivity index (χ3n) is 6.43. The number of halogens is 4. The lowest BCUT2D eigenvalue weighted by Crippen LogP contribution is -2.57. The Kier molecular flexibility index (Phi) is 6.45. The maximum Gasteiger partial charge on any atom is 0.493 e. The van der Waals surface area contributed by atoms with Gasteiger partial charge >= 0.3 is 18.2 Å². The standard InChI is InChI=1S/C24H22F4N6O3S/c1-12-7-14(9-15(8-12)32-22-31-10-16(25)18(33-22)13-3-4-13)17-11-30-19(38-17)23(5-2-6-23)34(21(29)36)37-20(35)24(26,27)28/h7-11,13H,2-6H2,1H3,(H2,29,36)(H,31,32,33). The van der Waals surface area contributed by atoms with Crippen LogP contribution in [0.15, 0.2) is 30.6 Å². The fourth-order valence-corrected chi connectivity index (χ4v) is 5.46.